The standard InChI is InChI=1S/C30H20N6O2S4/c1-33-21(34-2)13-18-12-20(38-4)23(40-18)29-36-27-25(42-29)24-26(30(27)8-6-5-7-9-30)35-28(41-24)22-19(37-3)11-17(39-22)10-16(14-31)15-32/h10-13H,5-9H2,3-4H3. The molecule has 0 amide bonds. The average molecular weight is 625 g/mol. The molecule has 1 saturated carbocycles. The Bertz CT molecular complexity index is 1790. The van der Waals surface area contributed by atoms with E-state index in [1.54, 1.807) is 49.0 Å². The van der Waals surface area contributed by atoms with Gasteiger partial charge in [-0.1, -0.05) is 19.3 Å². The van der Waals surface area contributed by atoms with Crippen LogP contribution in [0.4, 0.5) is 0 Å². The van der Waals surface area contributed by atoms with Crippen molar-refractivity contribution in [2.24, 2.45) is 0 Å². The number of nitriles is 2. The number of fused-ring (bicyclic) bond motifs is 5. The van der Waals surface area contributed by atoms with E-state index >= 15 is 0 Å². The fraction of sp³-hybridized carbons (Fsp3) is 0.267. The molecule has 8 nitrogen and oxygen atoms in total. The van der Waals surface area contributed by atoms with Gasteiger partial charge in [-0.2, -0.15) is 20.2 Å². The molecule has 0 N–H and O–H groups in total. The van der Waals surface area contributed by atoms with Gasteiger partial charge in [0, 0.05) is 15.8 Å². The van der Waals surface area contributed by atoms with Crippen molar-refractivity contribution in [2.75, 3.05) is 14.2 Å². The van der Waals surface area contributed by atoms with Crippen molar-refractivity contribution in [2.45, 2.75) is 37.5 Å². The second kappa shape index (κ2) is 11.2. The summed E-state index contributed by atoms with van der Waals surface area (Å²) in [7, 11) is 3.23. The second-order valence-electron chi connectivity index (χ2n) is 9.64. The fourth-order valence-corrected chi connectivity index (χ4v) is 10.3. The van der Waals surface area contributed by atoms with Crippen molar-refractivity contribution in [1.82, 2.24) is 9.97 Å². The molecule has 2 aliphatic carbocycles. The van der Waals surface area contributed by atoms with E-state index in [1.165, 1.54) is 29.1 Å². The molecule has 206 valence electrons. The maximum Gasteiger partial charge on any atom is 0.520 e. The Morgan fingerprint density at radius 1 is 0.810 bits per heavy atom. The van der Waals surface area contributed by atoms with Gasteiger partial charge in [0.05, 0.1) is 40.8 Å². The first-order chi connectivity index (χ1) is 20.5. The summed E-state index contributed by atoms with van der Waals surface area (Å²) in [4.78, 5) is 22.6. The van der Waals surface area contributed by atoms with Gasteiger partial charge in [-0.15, -0.1) is 45.3 Å². The molecule has 1 fully saturated rings. The molecule has 4 aromatic heterocycles. The van der Waals surface area contributed by atoms with Crippen LogP contribution < -0.4 is 9.47 Å². The normalized spacial score (nSPS) is 14.0. The number of rotatable bonds is 6. The lowest BCUT2D eigenvalue weighted by Gasteiger charge is -2.32. The smallest absolute Gasteiger partial charge is 0.495 e. The highest BCUT2D eigenvalue weighted by atomic mass is 32.1. The highest BCUT2D eigenvalue weighted by Gasteiger charge is 2.50. The number of hydrogen-bond acceptors (Lipinski definition) is 10. The van der Waals surface area contributed by atoms with Gasteiger partial charge in [0.15, 0.2) is 0 Å². The molecule has 4 aromatic rings. The van der Waals surface area contributed by atoms with Crippen molar-refractivity contribution < 1.29 is 9.47 Å². The Labute approximate surface area is 258 Å². The molecule has 0 unspecified atom stereocenters. The lowest BCUT2D eigenvalue weighted by Crippen LogP contribution is -2.29. The SMILES string of the molecule is [C-]#[N+]C(=Cc1cc(OC)c(-c2nc3c(s2)-c2sc(-c4sc(C=C(C#N)C#N)cc4OC)nc2C32CCCCC2)s1)[N+]#[C-]. The number of hydrogen-bond donors (Lipinski definition) is 0. The molecule has 0 radical (unpaired) electrons. The Balaban J connectivity index is 1.48. The van der Waals surface area contributed by atoms with E-state index in [0.717, 1.165) is 76.3 Å². The molecule has 6 rings (SSSR count). The van der Waals surface area contributed by atoms with Crippen molar-refractivity contribution in [3.63, 3.8) is 0 Å². The lowest BCUT2D eigenvalue weighted by atomic mass is 9.72. The zero-order valence-corrected chi connectivity index (χ0v) is 25.7. The van der Waals surface area contributed by atoms with Crippen LogP contribution in [0.3, 0.4) is 0 Å². The van der Waals surface area contributed by atoms with Crippen LogP contribution >= 0.6 is 45.3 Å². The summed E-state index contributed by atoms with van der Waals surface area (Å²) >= 11 is 6.19. The molecular weight excluding hydrogens is 605 g/mol. The predicted molar refractivity (Wildman–Crippen MR) is 167 cm³/mol. The number of methoxy groups -OCH3 is 2. The van der Waals surface area contributed by atoms with Crippen molar-refractivity contribution in [3.05, 3.63) is 67.5 Å². The number of aromatic nitrogens is 2. The molecule has 12 heteroatoms. The number of allylic oxidation sites excluding steroid dienone is 1. The third kappa shape index (κ3) is 4.50. The topological polar surface area (TPSA) is 101 Å². The maximum atomic E-state index is 9.21. The summed E-state index contributed by atoms with van der Waals surface area (Å²) in [6.07, 6.45) is 8.53. The summed E-state index contributed by atoms with van der Waals surface area (Å²) in [5, 5.41) is 20.1. The molecule has 0 aromatic carbocycles. The van der Waals surface area contributed by atoms with Crippen LogP contribution in [-0.2, 0) is 5.41 Å². The van der Waals surface area contributed by atoms with Crippen molar-refractivity contribution >= 4 is 57.5 Å². The summed E-state index contributed by atoms with van der Waals surface area (Å²) in [6, 6.07) is 7.54. The summed E-state index contributed by atoms with van der Waals surface area (Å²) in [6.45, 7) is 14.5. The largest absolute Gasteiger partial charge is 0.520 e. The third-order valence-corrected chi connectivity index (χ3v) is 12.1. The van der Waals surface area contributed by atoms with Gasteiger partial charge in [-0.3, -0.25) is 0 Å². The van der Waals surface area contributed by atoms with Crippen LogP contribution in [0.2, 0.25) is 0 Å². The molecular formula is C30H20N6O2S4. The van der Waals surface area contributed by atoms with Crippen LogP contribution in [0.5, 0.6) is 11.5 Å². The molecule has 42 heavy (non-hydrogen) atoms. The van der Waals surface area contributed by atoms with Crippen LogP contribution in [0.15, 0.2) is 23.5 Å². The monoisotopic (exact) mass is 624 g/mol. The summed E-state index contributed by atoms with van der Waals surface area (Å²) in [5.41, 5.74) is 1.97. The van der Waals surface area contributed by atoms with E-state index < -0.39 is 0 Å². The fourth-order valence-electron chi connectivity index (χ4n) is 5.51. The van der Waals surface area contributed by atoms with E-state index in [4.69, 9.17) is 32.6 Å². The highest BCUT2D eigenvalue weighted by Crippen LogP contribution is 2.61. The van der Waals surface area contributed by atoms with E-state index in [1.807, 2.05) is 24.3 Å². The first kappa shape index (κ1) is 27.8. The molecule has 1 spiro atoms. The quantitative estimate of drug-likeness (QED) is 0.157. The van der Waals surface area contributed by atoms with Gasteiger partial charge in [-0.05, 0) is 31.1 Å². The van der Waals surface area contributed by atoms with E-state index in [0.29, 0.717) is 11.5 Å². The van der Waals surface area contributed by atoms with E-state index in [2.05, 4.69) is 9.69 Å². The lowest BCUT2D eigenvalue weighted by molar-refractivity contribution is 0.340. The van der Waals surface area contributed by atoms with E-state index in [-0.39, 0.29) is 16.8 Å². The van der Waals surface area contributed by atoms with Crippen LogP contribution in [0, 0.1) is 35.8 Å². The van der Waals surface area contributed by atoms with Crippen LogP contribution in [0.25, 0.3) is 51.4 Å². The maximum absolute atomic E-state index is 9.21. The highest BCUT2D eigenvalue weighted by molar-refractivity contribution is 7.28. The number of thiazole rings is 2. The minimum atomic E-state index is -0.247. The second-order valence-corrected chi connectivity index (χ2v) is 13.8. The zero-order chi connectivity index (χ0) is 29.4. The van der Waals surface area contributed by atoms with Gasteiger partial charge in [0.2, 0.25) is 0 Å². The Kier molecular flexibility index (Phi) is 7.41. The van der Waals surface area contributed by atoms with Gasteiger partial charge in [0.25, 0.3) is 0 Å². The first-order valence-electron chi connectivity index (χ1n) is 12.9. The van der Waals surface area contributed by atoms with Gasteiger partial charge in [0.1, 0.15) is 62.1 Å². The molecule has 0 aliphatic heterocycles. The molecule has 2 aliphatic rings. The molecule has 0 bridgehead atoms. The Morgan fingerprint density at radius 3 is 1.76 bits per heavy atom. The summed E-state index contributed by atoms with van der Waals surface area (Å²) < 4.78 is 11.4. The predicted octanol–water partition coefficient (Wildman–Crippen LogP) is 8.87. The Hall–Kier alpha value is -4.30. The minimum Gasteiger partial charge on any atom is -0.495 e. The number of thiophene rings is 2. The van der Waals surface area contributed by atoms with Gasteiger partial charge < -0.3 is 9.47 Å². The minimum absolute atomic E-state index is 0.00852. The molecule has 0 saturated heterocycles. The molecule has 0 atom stereocenters. The first-order valence-corrected chi connectivity index (χ1v) is 16.1. The zero-order valence-electron chi connectivity index (χ0n) is 22.5. The van der Waals surface area contributed by atoms with Crippen LogP contribution in [0.1, 0.15) is 53.2 Å². The van der Waals surface area contributed by atoms with Crippen molar-refractivity contribution in [3.8, 4) is 53.2 Å². The number of nitrogens with zero attached hydrogens (tertiary/aromatic N) is 6. The third-order valence-electron chi connectivity index (χ3n) is 7.36. The van der Waals surface area contributed by atoms with Crippen LogP contribution in [-0.4, -0.2) is 24.2 Å². The van der Waals surface area contributed by atoms with Gasteiger partial charge in [-0.25, -0.2) is 9.97 Å². The average Bonchev–Trinajstić information content (AvgIpc) is 3.83. The summed E-state index contributed by atoms with van der Waals surface area (Å²) in [5.74, 6) is 1.35. The van der Waals surface area contributed by atoms with Gasteiger partial charge >= 0.3 is 5.82 Å². The molecule has 4 heterocycles. The van der Waals surface area contributed by atoms with Crippen molar-refractivity contribution in [1.29, 1.82) is 10.5 Å². The van der Waals surface area contributed by atoms with E-state index in [9.17, 15) is 10.5 Å². The Morgan fingerprint density at radius 2 is 1.31 bits per heavy atom. The number of ether oxygens (including phenoxy) is 2.